The van der Waals surface area contributed by atoms with Gasteiger partial charge in [0.2, 0.25) is 0 Å². The van der Waals surface area contributed by atoms with E-state index in [2.05, 4.69) is 0 Å². The number of carbonyl (C=O) groups is 1. The summed E-state index contributed by atoms with van der Waals surface area (Å²) >= 11 is 0. The predicted octanol–water partition coefficient (Wildman–Crippen LogP) is 1.74. The molecular weight excluding hydrogens is 246 g/mol. The van der Waals surface area contributed by atoms with Crippen LogP contribution in [0.15, 0.2) is 18.2 Å². The summed E-state index contributed by atoms with van der Waals surface area (Å²) in [5.74, 6) is -0.496. The van der Waals surface area contributed by atoms with Gasteiger partial charge in [0, 0.05) is 26.3 Å². The van der Waals surface area contributed by atoms with E-state index >= 15 is 0 Å². The van der Waals surface area contributed by atoms with E-state index in [1.165, 1.54) is 18.2 Å². The van der Waals surface area contributed by atoms with Gasteiger partial charge in [-0.15, -0.1) is 0 Å². The van der Waals surface area contributed by atoms with Gasteiger partial charge < -0.3 is 19.8 Å². The first-order chi connectivity index (χ1) is 8.95. The number of amides is 1. The zero-order chi connectivity index (χ0) is 14.0. The monoisotopic (exact) mass is 265 g/mol. The zero-order valence-electron chi connectivity index (χ0n) is 11.2. The number of piperidine rings is 1. The van der Waals surface area contributed by atoms with Gasteiger partial charge in [-0.2, -0.15) is 0 Å². The first kappa shape index (κ1) is 13.7. The Hall–Kier alpha value is -1.75. The Morgan fingerprint density at radius 3 is 2.79 bits per heavy atom. The van der Waals surface area contributed by atoms with Gasteiger partial charge in [-0.05, 0) is 31.9 Å². The summed E-state index contributed by atoms with van der Waals surface area (Å²) in [6.45, 7) is 3.13. The van der Waals surface area contributed by atoms with Crippen LogP contribution >= 0.6 is 0 Å². The Morgan fingerprint density at radius 2 is 2.16 bits per heavy atom. The topological polar surface area (TPSA) is 70.0 Å². The smallest absolute Gasteiger partial charge is 0.257 e. The summed E-state index contributed by atoms with van der Waals surface area (Å²) in [6.07, 6.45) is 1.78. The van der Waals surface area contributed by atoms with E-state index in [-0.39, 0.29) is 28.6 Å². The van der Waals surface area contributed by atoms with Gasteiger partial charge in [0.1, 0.15) is 11.5 Å². The second kappa shape index (κ2) is 5.09. The molecule has 0 aliphatic carbocycles. The highest BCUT2D eigenvalue weighted by Crippen LogP contribution is 2.28. The molecule has 1 heterocycles. The number of benzene rings is 1. The maximum Gasteiger partial charge on any atom is 0.257 e. The molecule has 5 nitrogen and oxygen atoms in total. The molecule has 104 valence electrons. The summed E-state index contributed by atoms with van der Waals surface area (Å²) in [5.41, 5.74) is -0.126. The third-order valence-electron chi connectivity index (χ3n) is 3.65. The molecule has 1 saturated heterocycles. The van der Waals surface area contributed by atoms with Gasteiger partial charge in [-0.1, -0.05) is 0 Å². The molecular formula is C14H19NO4. The van der Waals surface area contributed by atoms with Gasteiger partial charge in [-0.3, -0.25) is 4.79 Å². The molecule has 1 aliphatic rings. The van der Waals surface area contributed by atoms with Crippen molar-refractivity contribution in [3.05, 3.63) is 23.8 Å². The van der Waals surface area contributed by atoms with Crippen molar-refractivity contribution in [3.63, 3.8) is 0 Å². The summed E-state index contributed by atoms with van der Waals surface area (Å²) in [5, 5.41) is 19.0. The average Bonchev–Trinajstić information content (AvgIpc) is 2.38. The third kappa shape index (κ3) is 2.81. The van der Waals surface area contributed by atoms with Crippen molar-refractivity contribution in [3.8, 4) is 11.5 Å². The second-order valence-corrected chi connectivity index (χ2v) is 5.19. The number of rotatable bonds is 2. The fraction of sp³-hybridized carbons (Fsp3) is 0.500. The summed E-state index contributed by atoms with van der Waals surface area (Å²) in [7, 11) is 1.64. The highest BCUT2D eigenvalue weighted by atomic mass is 16.5. The lowest BCUT2D eigenvalue weighted by Crippen LogP contribution is -2.49. The number of methoxy groups -OCH3 is 1. The maximum absolute atomic E-state index is 12.4. The quantitative estimate of drug-likeness (QED) is 0.854. The van der Waals surface area contributed by atoms with Crippen molar-refractivity contribution in [2.24, 2.45) is 0 Å². The molecule has 1 amide bonds. The van der Waals surface area contributed by atoms with Crippen LogP contribution in [0.25, 0.3) is 0 Å². The van der Waals surface area contributed by atoms with Crippen LogP contribution in [0.3, 0.4) is 0 Å². The molecule has 1 aliphatic heterocycles. The summed E-state index contributed by atoms with van der Waals surface area (Å²) in [4.78, 5) is 14.0. The fourth-order valence-corrected chi connectivity index (χ4v) is 2.42. The number of phenolic OH excluding ortho intramolecular Hbond substituents is 2. The molecule has 2 rings (SSSR count). The van der Waals surface area contributed by atoms with Crippen LogP contribution in [-0.2, 0) is 4.74 Å². The number of phenols is 2. The van der Waals surface area contributed by atoms with E-state index in [1.807, 2.05) is 6.92 Å². The van der Waals surface area contributed by atoms with Gasteiger partial charge >= 0.3 is 0 Å². The molecule has 0 bridgehead atoms. The lowest BCUT2D eigenvalue weighted by Gasteiger charge is -2.39. The number of hydrogen-bond acceptors (Lipinski definition) is 4. The first-order valence-corrected chi connectivity index (χ1v) is 6.31. The minimum absolute atomic E-state index is 0.0607. The van der Waals surface area contributed by atoms with E-state index in [0.29, 0.717) is 13.1 Å². The normalized spacial score (nSPS) is 23.4. The van der Waals surface area contributed by atoms with Crippen LogP contribution in [-0.4, -0.2) is 46.8 Å². The van der Waals surface area contributed by atoms with Gasteiger partial charge in [0.15, 0.2) is 0 Å². The molecule has 0 radical (unpaired) electrons. The van der Waals surface area contributed by atoms with Crippen molar-refractivity contribution in [2.45, 2.75) is 25.4 Å². The van der Waals surface area contributed by atoms with E-state index in [9.17, 15) is 15.0 Å². The Bertz CT molecular complexity index is 488. The number of likely N-dealkylation sites (tertiary alicyclic amines) is 1. The molecule has 0 aromatic heterocycles. The first-order valence-electron chi connectivity index (χ1n) is 6.31. The molecule has 19 heavy (non-hydrogen) atoms. The average molecular weight is 265 g/mol. The van der Waals surface area contributed by atoms with Crippen LogP contribution in [0.1, 0.15) is 30.1 Å². The molecule has 1 atom stereocenters. The van der Waals surface area contributed by atoms with E-state index in [4.69, 9.17) is 4.74 Å². The highest BCUT2D eigenvalue weighted by Gasteiger charge is 2.33. The Morgan fingerprint density at radius 1 is 1.42 bits per heavy atom. The molecule has 1 fully saturated rings. The largest absolute Gasteiger partial charge is 0.508 e. The molecule has 1 aromatic rings. The van der Waals surface area contributed by atoms with Crippen molar-refractivity contribution >= 4 is 5.91 Å². The molecule has 0 spiro atoms. The van der Waals surface area contributed by atoms with Gasteiger partial charge in [0.25, 0.3) is 5.91 Å². The van der Waals surface area contributed by atoms with Crippen molar-refractivity contribution < 1.29 is 19.7 Å². The molecule has 5 heteroatoms. The summed E-state index contributed by atoms with van der Waals surface area (Å²) in [6, 6.07) is 4.00. The highest BCUT2D eigenvalue weighted by molar-refractivity contribution is 5.97. The van der Waals surface area contributed by atoms with Crippen LogP contribution < -0.4 is 0 Å². The number of ether oxygens (including phenoxy) is 1. The molecule has 1 aromatic carbocycles. The van der Waals surface area contributed by atoms with E-state index in [0.717, 1.165) is 12.8 Å². The lowest BCUT2D eigenvalue weighted by atomic mass is 9.94. The Balaban J connectivity index is 2.19. The summed E-state index contributed by atoms with van der Waals surface area (Å²) < 4.78 is 5.45. The number of carbonyl (C=O) groups excluding carboxylic acids is 1. The maximum atomic E-state index is 12.4. The molecule has 1 unspecified atom stereocenters. The third-order valence-corrected chi connectivity index (χ3v) is 3.65. The minimum atomic E-state index is -0.333. The molecule has 2 N–H and O–H groups in total. The van der Waals surface area contributed by atoms with Crippen molar-refractivity contribution in [1.82, 2.24) is 4.90 Å². The standard InChI is InChI=1S/C14H19NO4/c1-14(19-2)6-3-7-15(9-14)13(18)11-5-4-10(16)8-12(11)17/h4-5,8,16-17H,3,6-7,9H2,1-2H3. The number of aromatic hydroxyl groups is 2. The van der Waals surface area contributed by atoms with Crippen LogP contribution in [0, 0.1) is 0 Å². The molecule has 0 saturated carbocycles. The number of nitrogens with zero attached hydrogens (tertiary/aromatic N) is 1. The number of hydrogen-bond donors (Lipinski definition) is 2. The SMILES string of the molecule is COC1(C)CCCN(C(=O)c2ccc(O)cc2O)C1. The van der Waals surface area contributed by atoms with Crippen LogP contribution in [0.2, 0.25) is 0 Å². The van der Waals surface area contributed by atoms with Gasteiger partial charge in [-0.25, -0.2) is 0 Å². The second-order valence-electron chi connectivity index (χ2n) is 5.19. The zero-order valence-corrected chi connectivity index (χ0v) is 11.2. The minimum Gasteiger partial charge on any atom is -0.508 e. The van der Waals surface area contributed by atoms with Crippen LogP contribution in [0.4, 0.5) is 0 Å². The lowest BCUT2D eigenvalue weighted by molar-refractivity contribution is -0.0440. The van der Waals surface area contributed by atoms with Crippen molar-refractivity contribution in [2.75, 3.05) is 20.2 Å². The van der Waals surface area contributed by atoms with Gasteiger partial charge in [0.05, 0.1) is 11.2 Å². The van der Waals surface area contributed by atoms with Crippen molar-refractivity contribution in [1.29, 1.82) is 0 Å². The predicted molar refractivity (Wildman–Crippen MR) is 70.3 cm³/mol. The Kier molecular flexibility index (Phi) is 3.66. The van der Waals surface area contributed by atoms with E-state index in [1.54, 1.807) is 12.0 Å². The Labute approximate surface area is 112 Å². The fourth-order valence-electron chi connectivity index (χ4n) is 2.42. The van der Waals surface area contributed by atoms with Crippen LogP contribution in [0.5, 0.6) is 11.5 Å². The van der Waals surface area contributed by atoms with E-state index < -0.39 is 0 Å².